The molecule has 48 nitrogen and oxygen atoms in total. The number of sulfonamides is 3. The lowest BCUT2D eigenvalue weighted by molar-refractivity contribution is -0.142. The summed E-state index contributed by atoms with van der Waals surface area (Å²) in [5, 5.41) is 78.3. The molecule has 4 aromatic carbocycles. The standard InChI is InChI=1S/C92H127N17O31S6/c1-51(93)71(111)44-60-49-142-34-37-145(137,138)108-28-27-107-29-31-109(32-30-108)146(139,140)38-35-143-50-70(105-82(125)53(3)96-83(126)58(41-57-17-12-16-56-15-10-11-18-62(56)57)42-72(112)63(23-25-75(115)116)98-88(131)67(45-74(94)114)100-81(124)52(2)97-84(60)127)91(134)99-64(24-26-76(117)118)85(128)103-68(46-77(119)120)89(132)102-65(39-54-13-8-7-9-14-54)86(129)101-66(40-55-19-21-61(110)22-20-55)87(130)104-69(47-78(121)122)90(133)106-79(92(4,5)6)73(113)43-59(80(95)123)48-141-33-36-144(107,135)136/h7-22,51-53,58-60,63-70,79,110H,23-50,93H2,1-6H3,(H2,94,114)(H2,95,123)(H,96,126)(H,97,127)(H,98,131)(H,99,134)(H,100,124)(H,101,129)(H,102,132)(H,103,128)(H,104,130)(H,105,125)(H,106,133)(H,115,116)(H,117,118)(H,119,120)(H,121,122)/t51-,52+,53+,58+,59-,60-,63-,64-,65-,66-,67-,68-,69-,70+,79+/m0/s1. The van der Waals surface area contributed by atoms with Crippen molar-refractivity contribution >= 4 is 194 Å². The minimum atomic E-state index is -4.80. The van der Waals surface area contributed by atoms with Crippen LogP contribution >= 0.6 is 35.3 Å². The number of phenolic OH excluding ortho intramolecular Hbond substituents is 1. The number of nitrogens with zero attached hydrogens (tertiary/aromatic N) is 3. The number of hydrogen-bond donors (Lipinski definition) is 19. The van der Waals surface area contributed by atoms with Crippen LogP contribution in [0.3, 0.4) is 0 Å². The SMILES string of the molecule is C[C@H](N)C(=O)C[C@H]1CSCCS(=O)(=O)N2CCN3CCN(CC2)S(=O)(=O)CCSC[C@@H](NC(=O)[C@@H](C)NC(=O)[C@H](Cc2cccc4ccccc24)CC(=O)[C@H](CCC(=O)O)NC(=O)[C@H](CC(N)=O)NC(=O)[C@@H](C)NC1=O)C(=O)N[C@@H](CCC(=O)O)C(=O)N[C@@H](CC(=O)O)C(=O)N[C@@H](Cc1ccccc1)C(=O)N[C@@H](Cc1ccc(O)cc1)C(=O)N[C@@H](CC(=O)O)C(=O)N[C@@H](C(C)(C)C)C(=O)C[C@H](C(N)=O)CSCCS3(=O)=O. The number of amides is 13. The summed E-state index contributed by atoms with van der Waals surface area (Å²) < 4.78 is 91.8. The van der Waals surface area contributed by atoms with Crippen LogP contribution in [0.5, 0.6) is 5.75 Å². The highest BCUT2D eigenvalue weighted by Crippen LogP contribution is 2.29. The monoisotopic (exact) mass is 2160 g/mol. The second-order valence-corrected chi connectivity index (χ2v) is 46.3. The van der Waals surface area contributed by atoms with E-state index < -0.39 is 400 Å². The van der Waals surface area contributed by atoms with Crippen LogP contribution in [0.15, 0.2) is 97.1 Å². The van der Waals surface area contributed by atoms with Crippen LogP contribution in [0, 0.1) is 23.2 Å². The van der Waals surface area contributed by atoms with Gasteiger partial charge in [0.15, 0.2) is 11.6 Å². The van der Waals surface area contributed by atoms with E-state index in [9.17, 15) is 109 Å². The third kappa shape index (κ3) is 39.1. The minimum Gasteiger partial charge on any atom is -0.508 e. The maximum atomic E-state index is 15.3. The molecule has 4 aromatic rings. The van der Waals surface area contributed by atoms with Crippen molar-refractivity contribution in [3.05, 3.63) is 114 Å². The third-order valence-electron chi connectivity index (χ3n) is 23.9. The van der Waals surface area contributed by atoms with Crippen molar-refractivity contribution in [2.45, 2.75) is 198 Å². The Balaban J connectivity index is 1.40. The molecule has 4 bridgehead atoms. The first-order chi connectivity index (χ1) is 68.5. The van der Waals surface area contributed by atoms with Crippen LogP contribution in [-0.2, 0) is 145 Å². The van der Waals surface area contributed by atoms with E-state index in [2.05, 4.69) is 58.5 Å². The van der Waals surface area contributed by atoms with Gasteiger partial charge in [0.05, 0.1) is 66.5 Å². The van der Waals surface area contributed by atoms with Crippen LogP contribution in [0.2, 0.25) is 0 Å². The number of aromatic hydroxyl groups is 1. The summed E-state index contributed by atoms with van der Waals surface area (Å²) >= 11 is 2.19. The van der Waals surface area contributed by atoms with Crippen molar-refractivity contribution in [2.75, 3.05) is 91.0 Å². The Labute approximate surface area is 855 Å². The highest BCUT2D eigenvalue weighted by atomic mass is 32.2. The fourth-order valence-electron chi connectivity index (χ4n) is 15.7. The number of nitrogens with one attached hydrogen (secondary N) is 11. The van der Waals surface area contributed by atoms with Gasteiger partial charge in [-0.25, -0.2) is 25.3 Å². The van der Waals surface area contributed by atoms with Crippen molar-refractivity contribution < 1.29 is 147 Å². The zero-order valence-electron chi connectivity index (χ0n) is 81.1. The molecule has 18 atom stereocenters. The number of nitrogens with two attached hydrogens (primary N) is 3. The Kier molecular flexibility index (Phi) is 46.7. The number of carbonyl (C=O) groups excluding carboxylic acids is 16. The Morgan fingerprint density at radius 2 is 0.815 bits per heavy atom. The van der Waals surface area contributed by atoms with E-state index in [0.29, 0.717) is 28.1 Å². The highest BCUT2D eigenvalue weighted by molar-refractivity contribution is 8.01. The van der Waals surface area contributed by atoms with Crippen molar-refractivity contribution in [1.82, 2.24) is 71.4 Å². The van der Waals surface area contributed by atoms with Gasteiger partial charge in [0, 0.05) is 125 Å². The summed E-state index contributed by atoms with van der Waals surface area (Å²) in [6.45, 7) is 3.91. The van der Waals surface area contributed by atoms with E-state index in [1.54, 1.807) is 48.5 Å². The molecule has 802 valence electrons. The fourth-order valence-corrected chi connectivity index (χ4v) is 24.6. The third-order valence-corrected chi connectivity index (χ3v) is 33.6. The highest BCUT2D eigenvalue weighted by Gasteiger charge is 2.43. The number of Topliss-reactive ketones (excluding diaryl/α,β-unsaturated/α-hetero) is 3. The van der Waals surface area contributed by atoms with Gasteiger partial charge >= 0.3 is 23.9 Å². The minimum absolute atomic E-state index is 0.183. The van der Waals surface area contributed by atoms with Gasteiger partial charge in [-0.2, -0.15) is 48.2 Å². The predicted molar refractivity (Wildman–Crippen MR) is 534 cm³/mol. The van der Waals surface area contributed by atoms with Crippen LogP contribution in [0.4, 0.5) is 0 Å². The van der Waals surface area contributed by atoms with Crippen LogP contribution < -0.4 is 75.7 Å². The molecule has 13 amide bonds. The zero-order chi connectivity index (χ0) is 108. The summed E-state index contributed by atoms with van der Waals surface area (Å²) in [5.74, 6) is -36.0. The van der Waals surface area contributed by atoms with Crippen molar-refractivity contribution in [3.8, 4) is 5.75 Å². The second-order valence-electron chi connectivity index (χ2n) is 36.6. The molecule has 3 aliphatic heterocycles. The van der Waals surface area contributed by atoms with Gasteiger partial charge in [-0.1, -0.05) is 106 Å². The maximum Gasteiger partial charge on any atom is 0.305 e. The zero-order valence-corrected chi connectivity index (χ0v) is 86.0. The van der Waals surface area contributed by atoms with Gasteiger partial charge in [-0.05, 0) is 85.0 Å². The number of carboxylic acid groups (broad SMARTS) is 4. The lowest BCUT2D eigenvalue weighted by atomic mass is 9.81. The number of hydrogen-bond acceptors (Lipinski definition) is 31. The molecule has 3 heterocycles. The number of phenols is 1. The maximum absolute atomic E-state index is 15.3. The van der Waals surface area contributed by atoms with Gasteiger partial charge in [0.2, 0.25) is 107 Å². The molecular formula is C92H127N17O31S6. The first-order valence-electron chi connectivity index (χ1n) is 46.6. The average Bonchev–Trinajstić information content (AvgIpc) is 1.69. The van der Waals surface area contributed by atoms with Crippen molar-refractivity contribution in [2.24, 2.45) is 40.4 Å². The number of benzene rings is 4. The summed E-state index contributed by atoms with van der Waals surface area (Å²) in [7, 11) is -14.1. The van der Waals surface area contributed by atoms with Gasteiger partial charge < -0.3 is 101 Å². The lowest BCUT2D eigenvalue weighted by Gasteiger charge is -2.32. The van der Waals surface area contributed by atoms with Crippen LogP contribution in [-0.4, -0.2) is 345 Å². The summed E-state index contributed by atoms with van der Waals surface area (Å²) in [5.41, 5.74) is 16.9. The number of primary amides is 2. The fraction of sp³-hybridized carbons (Fsp3) is 0.543. The van der Waals surface area contributed by atoms with E-state index in [-0.39, 0.29) is 34.8 Å². The molecule has 3 aliphatic rings. The number of aliphatic carboxylic acids is 4. The van der Waals surface area contributed by atoms with Gasteiger partial charge in [-0.3, -0.25) is 95.9 Å². The number of ketones is 3. The molecule has 0 spiro atoms. The van der Waals surface area contributed by atoms with E-state index in [1.807, 2.05) is 0 Å². The molecule has 3 saturated heterocycles. The van der Waals surface area contributed by atoms with Gasteiger partial charge in [0.1, 0.15) is 65.9 Å². The number of carboxylic acids is 4. The molecule has 146 heavy (non-hydrogen) atoms. The number of carbonyl (C=O) groups is 20. The first kappa shape index (κ1) is 121. The summed E-state index contributed by atoms with van der Waals surface area (Å²) in [6.07, 6.45) is -10.8. The Hall–Kier alpha value is -12.3. The quantitative estimate of drug-likeness (QED) is 0.0359. The molecule has 0 saturated carbocycles. The van der Waals surface area contributed by atoms with Crippen LogP contribution in [0.25, 0.3) is 10.8 Å². The largest absolute Gasteiger partial charge is 0.508 e. The van der Waals surface area contributed by atoms with Crippen LogP contribution in [0.1, 0.15) is 122 Å². The molecule has 3 fully saturated rings. The molecule has 0 radical (unpaired) electrons. The predicted octanol–water partition coefficient (Wildman–Crippen LogP) is -3.76. The van der Waals surface area contributed by atoms with E-state index in [1.165, 1.54) is 76.2 Å². The summed E-state index contributed by atoms with van der Waals surface area (Å²) in [6, 6.07) is 1.51. The first-order valence-corrected chi connectivity index (χ1v) is 54.9. The normalized spacial score (nSPS) is 26.9. The molecular weight excluding hydrogens is 2030 g/mol. The molecule has 0 aliphatic carbocycles. The Morgan fingerprint density at radius 3 is 1.29 bits per heavy atom. The van der Waals surface area contributed by atoms with Gasteiger partial charge in [-0.15, -0.1) is 0 Å². The smallest absolute Gasteiger partial charge is 0.305 e. The topological polar surface area (TPSA) is 765 Å². The number of fused-ring (bicyclic) bond motifs is 10. The number of rotatable bonds is 22. The van der Waals surface area contributed by atoms with E-state index >= 15 is 37.2 Å². The van der Waals surface area contributed by atoms with Gasteiger partial charge in [0.25, 0.3) is 0 Å². The Morgan fingerprint density at radius 1 is 0.411 bits per heavy atom. The molecule has 54 heteroatoms. The van der Waals surface area contributed by atoms with E-state index in [0.717, 1.165) is 50.3 Å². The number of thioether (sulfide) groups is 3. The summed E-state index contributed by atoms with van der Waals surface area (Å²) in [4.78, 5) is 283. The average molecular weight is 2160 g/mol. The van der Waals surface area contributed by atoms with E-state index in [4.69, 9.17) is 17.2 Å². The molecule has 7 rings (SSSR count). The van der Waals surface area contributed by atoms with Crippen molar-refractivity contribution in [3.63, 3.8) is 0 Å². The van der Waals surface area contributed by atoms with Crippen molar-refractivity contribution in [1.29, 1.82) is 0 Å². The Bertz CT molecular complexity index is 5780. The molecule has 3 unspecified atom stereocenters. The second kappa shape index (κ2) is 56.6. The molecule has 0 aromatic heterocycles. The molecule has 22 N–H and O–H groups in total. The lowest BCUT2D eigenvalue weighted by Crippen LogP contribution is -2.61.